The number of aryl methyl sites for hydroxylation is 1. The molecule has 7 heteroatoms. The second-order valence-corrected chi connectivity index (χ2v) is 6.84. The van der Waals surface area contributed by atoms with Gasteiger partial charge in [0.15, 0.2) is 0 Å². The number of hydrogen-bond donors (Lipinski definition) is 2. The molecular weight excluding hydrogens is 373 g/mol. The largest absolute Gasteiger partial charge is 0.392 e. The Kier molecular flexibility index (Phi) is 5.05. The molecule has 1 aromatic heterocycles. The topological polar surface area (TPSA) is 81.1 Å². The number of benzene rings is 2. The lowest BCUT2D eigenvalue weighted by atomic mass is 9.91. The average molecular weight is 390 g/mol. The van der Waals surface area contributed by atoms with Crippen LogP contribution < -0.4 is 5.73 Å². The highest BCUT2D eigenvalue weighted by molar-refractivity contribution is 6.35. The fourth-order valence-electron chi connectivity index (χ4n) is 3.18. The molecule has 0 aliphatic rings. The van der Waals surface area contributed by atoms with Gasteiger partial charge in [-0.3, -0.25) is 4.79 Å². The van der Waals surface area contributed by atoms with Crippen LogP contribution in [0.2, 0.25) is 10.0 Å². The van der Waals surface area contributed by atoms with Gasteiger partial charge < -0.3 is 10.8 Å². The minimum atomic E-state index is -0.593. The Hall–Kier alpha value is -2.34. The van der Waals surface area contributed by atoms with Crippen molar-refractivity contribution in [2.45, 2.75) is 20.5 Å². The Morgan fingerprint density at radius 1 is 1.23 bits per heavy atom. The highest BCUT2D eigenvalue weighted by atomic mass is 35.5. The van der Waals surface area contributed by atoms with Crippen LogP contribution in [-0.2, 0) is 6.61 Å². The maximum atomic E-state index is 11.4. The van der Waals surface area contributed by atoms with Crippen LogP contribution in [-0.4, -0.2) is 20.8 Å². The zero-order chi connectivity index (χ0) is 19.0. The number of primary amides is 1. The first-order valence-electron chi connectivity index (χ1n) is 7.88. The summed E-state index contributed by atoms with van der Waals surface area (Å²) in [6.45, 7) is 3.68. The Morgan fingerprint density at radius 3 is 2.58 bits per heavy atom. The molecule has 1 heterocycles. The van der Waals surface area contributed by atoms with Crippen LogP contribution in [0.25, 0.3) is 16.8 Å². The zero-order valence-electron chi connectivity index (χ0n) is 14.3. The lowest BCUT2D eigenvalue weighted by molar-refractivity contribution is 0.0995. The Labute approximate surface area is 161 Å². The van der Waals surface area contributed by atoms with Crippen LogP contribution in [0.5, 0.6) is 0 Å². The fourth-order valence-corrected chi connectivity index (χ4v) is 3.56. The summed E-state index contributed by atoms with van der Waals surface area (Å²) in [5.41, 5.74) is 10.3. The van der Waals surface area contributed by atoms with Crippen LogP contribution in [0.4, 0.5) is 0 Å². The predicted octanol–water partition coefficient (Wildman–Crippen LogP) is 4.05. The Morgan fingerprint density at radius 2 is 1.96 bits per heavy atom. The Bertz CT molecular complexity index is 1010. The number of aromatic nitrogens is 2. The number of nitrogens with zero attached hydrogens (tertiary/aromatic N) is 2. The second-order valence-electron chi connectivity index (χ2n) is 5.99. The van der Waals surface area contributed by atoms with Crippen molar-refractivity contribution in [1.29, 1.82) is 0 Å². The van der Waals surface area contributed by atoms with Gasteiger partial charge in [0.25, 0.3) is 5.91 Å². The van der Waals surface area contributed by atoms with Gasteiger partial charge in [0.1, 0.15) is 5.69 Å². The molecule has 0 aliphatic carbocycles. The first-order chi connectivity index (χ1) is 12.3. The summed E-state index contributed by atoms with van der Waals surface area (Å²) in [7, 11) is 0. The van der Waals surface area contributed by atoms with Crippen molar-refractivity contribution in [3.05, 3.63) is 69.0 Å². The normalized spacial score (nSPS) is 11.0. The molecule has 0 fully saturated rings. The van der Waals surface area contributed by atoms with Crippen molar-refractivity contribution in [1.82, 2.24) is 9.78 Å². The average Bonchev–Trinajstić information content (AvgIpc) is 3.07. The van der Waals surface area contributed by atoms with Gasteiger partial charge in [0.05, 0.1) is 12.3 Å². The SMILES string of the molecule is Cc1cc(CO)c(-c2cc(Cl)ccc2Cl)c(C)c1-n1ccc(C(N)=O)n1. The number of aliphatic hydroxyl groups excluding tert-OH is 1. The van der Waals surface area contributed by atoms with Gasteiger partial charge >= 0.3 is 0 Å². The van der Waals surface area contributed by atoms with E-state index < -0.39 is 5.91 Å². The van der Waals surface area contributed by atoms with Crippen LogP contribution in [0.15, 0.2) is 36.5 Å². The number of hydrogen-bond acceptors (Lipinski definition) is 3. The molecule has 26 heavy (non-hydrogen) atoms. The quantitative estimate of drug-likeness (QED) is 0.705. The summed E-state index contributed by atoms with van der Waals surface area (Å²) in [5.74, 6) is -0.593. The van der Waals surface area contributed by atoms with Crippen LogP contribution in [0.3, 0.4) is 0 Å². The third-order valence-corrected chi connectivity index (χ3v) is 4.82. The molecule has 0 radical (unpaired) electrons. The van der Waals surface area contributed by atoms with Gasteiger partial charge in [-0.1, -0.05) is 29.3 Å². The van der Waals surface area contributed by atoms with Gasteiger partial charge in [0, 0.05) is 21.8 Å². The van der Waals surface area contributed by atoms with Crippen molar-refractivity contribution < 1.29 is 9.90 Å². The van der Waals surface area contributed by atoms with Crippen molar-refractivity contribution in [2.24, 2.45) is 5.73 Å². The Balaban J connectivity index is 2.31. The molecule has 0 aliphatic heterocycles. The smallest absolute Gasteiger partial charge is 0.269 e. The van der Waals surface area contributed by atoms with Gasteiger partial charge in [-0.05, 0) is 60.4 Å². The number of rotatable bonds is 4. The number of amides is 1. The molecule has 1 amide bonds. The molecule has 0 unspecified atom stereocenters. The maximum Gasteiger partial charge on any atom is 0.269 e. The number of halogens is 2. The van der Waals surface area contributed by atoms with Crippen LogP contribution in [0, 0.1) is 13.8 Å². The van der Waals surface area contributed by atoms with E-state index in [0.29, 0.717) is 10.0 Å². The van der Waals surface area contributed by atoms with E-state index in [0.717, 1.165) is 33.5 Å². The molecule has 3 N–H and O–H groups in total. The van der Waals surface area contributed by atoms with E-state index in [2.05, 4.69) is 5.10 Å². The highest BCUT2D eigenvalue weighted by Crippen LogP contribution is 2.38. The van der Waals surface area contributed by atoms with E-state index in [4.69, 9.17) is 28.9 Å². The molecule has 0 saturated heterocycles. The van der Waals surface area contributed by atoms with Gasteiger partial charge in [-0.2, -0.15) is 5.10 Å². The second kappa shape index (κ2) is 7.11. The van der Waals surface area contributed by atoms with E-state index in [1.807, 2.05) is 19.9 Å². The first-order valence-corrected chi connectivity index (χ1v) is 8.64. The van der Waals surface area contributed by atoms with Crippen molar-refractivity contribution in [3.8, 4) is 16.8 Å². The summed E-state index contributed by atoms with van der Waals surface area (Å²) in [6, 6.07) is 8.64. The number of carbonyl (C=O) groups excluding carboxylic acids is 1. The van der Waals surface area contributed by atoms with E-state index in [1.165, 1.54) is 0 Å². The standard InChI is InChI=1S/C19H17Cl2N3O2/c1-10-7-12(9-25)17(14-8-13(20)3-4-15(14)21)11(2)18(10)24-6-5-16(23-24)19(22)26/h3-8,25H,9H2,1-2H3,(H2,22,26). The highest BCUT2D eigenvalue weighted by Gasteiger charge is 2.19. The molecule has 0 saturated carbocycles. The predicted molar refractivity (Wildman–Crippen MR) is 103 cm³/mol. The van der Waals surface area contributed by atoms with E-state index >= 15 is 0 Å². The van der Waals surface area contributed by atoms with Gasteiger partial charge in [-0.25, -0.2) is 4.68 Å². The number of carbonyl (C=O) groups is 1. The molecule has 2 aromatic carbocycles. The first kappa shape index (κ1) is 18.5. The minimum absolute atomic E-state index is 0.147. The number of aliphatic hydroxyl groups is 1. The van der Waals surface area contributed by atoms with E-state index in [1.54, 1.807) is 35.1 Å². The van der Waals surface area contributed by atoms with E-state index in [9.17, 15) is 9.90 Å². The van der Waals surface area contributed by atoms with Crippen molar-refractivity contribution in [3.63, 3.8) is 0 Å². The third-order valence-electron chi connectivity index (χ3n) is 4.25. The maximum absolute atomic E-state index is 11.4. The molecule has 3 aromatic rings. The lowest BCUT2D eigenvalue weighted by Gasteiger charge is -2.19. The van der Waals surface area contributed by atoms with Crippen molar-refractivity contribution in [2.75, 3.05) is 0 Å². The van der Waals surface area contributed by atoms with Crippen LogP contribution in [0.1, 0.15) is 27.2 Å². The lowest BCUT2D eigenvalue weighted by Crippen LogP contribution is -2.13. The molecule has 134 valence electrons. The van der Waals surface area contributed by atoms with Crippen molar-refractivity contribution >= 4 is 29.1 Å². The molecule has 0 bridgehead atoms. The molecule has 3 rings (SSSR count). The molecule has 0 atom stereocenters. The molecule has 0 spiro atoms. The minimum Gasteiger partial charge on any atom is -0.392 e. The monoisotopic (exact) mass is 389 g/mol. The summed E-state index contributed by atoms with van der Waals surface area (Å²) in [5, 5.41) is 15.2. The number of nitrogens with two attached hydrogens (primary N) is 1. The van der Waals surface area contributed by atoms with Crippen LogP contribution >= 0.6 is 23.2 Å². The molecular formula is C19H17Cl2N3O2. The summed E-state index contributed by atoms with van der Waals surface area (Å²) >= 11 is 12.5. The summed E-state index contributed by atoms with van der Waals surface area (Å²) in [6.07, 6.45) is 1.68. The fraction of sp³-hybridized carbons (Fsp3) is 0.158. The molecule has 5 nitrogen and oxygen atoms in total. The van der Waals surface area contributed by atoms with Gasteiger partial charge in [-0.15, -0.1) is 0 Å². The summed E-state index contributed by atoms with van der Waals surface area (Å²) in [4.78, 5) is 11.4. The zero-order valence-corrected chi connectivity index (χ0v) is 15.8. The third kappa shape index (κ3) is 3.21. The summed E-state index contributed by atoms with van der Waals surface area (Å²) < 4.78 is 1.61. The van der Waals surface area contributed by atoms with Gasteiger partial charge in [0.2, 0.25) is 0 Å². The van der Waals surface area contributed by atoms with E-state index in [-0.39, 0.29) is 12.3 Å².